The Balaban J connectivity index is 1.75. The van der Waals surface area contributed by atoms with Crippen molar-refractivity contribution in [1.82, 2.24) is 0 Å². The topological polar surface area (TPSA) is 75.0 Å². The van der Waals surface area contributed by atoms with Crippen LogP contribution in [0.3, 0.4) is 0 Å². The van der Waals surface area contributed by atoms with E-state index in [-0.39, 0.29) is 23.7 Å². The molecule has 154 valence electrons. The van der Waals surface area contributed by atoms with Crippen LogP contribution in [0.5, 0.6) is 11.5 Å². The van der Waals surface area contributed by atoms with Gasteiger partial charge in [0.05, 0.1) is 18.6 Å². The summed E-state index contributed by atoms with van der Waals surface area (Å²) in [5.74, 6) is -0.651. The smallest absolute Gasteiger partial charge is 0.348 e. The van der Waals surface area contributed by atoms with Gasteiger partial charge in [-0.15, -0.1) is 0 Å². The lowest BCUT2D eigenvalue weighted by Crippen LogP contribution is -2.32. The lowest BCUT2D eigenvalue weighted by atomic mass is 9.88. The standard InChI is InChI=1S/C23H19FO6/c1-13-10-18-20(22(25)29-13)19(21(30-18)23(26)27-2)16-8-3-4-9-17(16)28-12-14-6-5-7-15(24)11-14/h3-11,19,21H,12H2,1-2H3/t19-,21+/m1/s1. The lowest BCUT2D eigenvalue weighted by Gasteiger charge is -2.20. The lowest BCUT2D eigenvalue weighted by molar-refractivity contribution is -0.148. The van der Waals surface area contributed by atoms with E-state index in [1.807, 2.05) is 0 Å². The summed E-state index contributed by atoms with van der Waals surface area (Å²) in [6.45, 7) is 1.74. The molecule has 0 bridgehead atoms. The summed E-state index contributed by atoms with van der Waals surface area (Å²) in [5, 5.41) is 0. The van der Waals surface area contributed by atoms with Gasteiger partial charge in [-0.25, -0.2) is 14.0 Å². The van der Waals surface area contributed by atoms with Crippen LogP contribution in [0.25, 0.3) is 0 Å². The second-order valence-corrected chi connectivity index (χ2v) is 6.92. The van der Waals surface area contributed by atoms with Crippen LogP contribution >= 0.6 is 0 Å². The van der Waals surface area contributed by atoms with Crippen LogP contribution in [0, 0.1) is 12.7 Å². The van der Waals surface area contributed by atoms with Gasteiger partial charge in [-0.1, -0.05) is 30.3 Å². The molecule has 1 aliphatic rings. The largest absolute Gasteiger partial charge is 0.489 e. The molecule has 0 N–H and O–H groups in total. The highest BCUT2D eigenvalue weighted by molar-refractivity contribution is 5.79. The molecule has 0 unspecified atom stereocenters. The summed E-state index contributed by atoms with van der Waals surface area (Å²) in [5.41, 5.74) is 0.867. The summed E-state index contributed by atoms with van der Waals surface area (Å²) >= 11 is 0. The zero-order valence-electron chi connectivity index (χ0n) is 16.4. The molecule has 1 aliphatic heterocycles. The number of halogens is 1. The molecule has 3 aromatic rings. The average molecular weight is 410 g/mol. The zero-order valence-corrected chi connectivity index (χ0v) is 16.4. The first-order valence-electron chi connectivity index (χ1n) is 9.33. The first kappa shape index (κ1) is 19.7. The van der Waals surface area contributed by atoms with E-state index >= 15 is 0 Å². The second-order valence-electron chi connectivity index (χ2n) is 6.92. The Kier molecular flexibility index (Phi) is 5.27. The summed E-state index contributed by atoms with van der Waals surface area (Å²) in [6.07, 6.45) is -1.06. The van der Waals surface area contributed by atoms with Crippen molar-refractivity contribution in [3.05, 3.63) is 93.3 Å². The first-order valence-corrected chi connectivity index (χ1v) is 9.33. The van der Waals surface area contributed by atoms with Gasteiger partial charge in [0, 0.05) is 11.6 Å². The van der Waals surface area contributed by atoms with Crippen molar-refractivity contribution in [3.8, 4) is 11.5 Å². The van der Waals surface area contributed by atoms with Gasteiger partial charge in [-0.3, -0.25) is 0 Å². The third-order valence-corrected chi connectivity index (χ3v) is 4.91. The monoisotopic (exact) mass is 410 g/mol. The summed E-state index contributed by atoms with van der Waals surface area (Å²) in [6, 6.07) is 14.7. The van der Waals surface area contributed by atoms with Crippen molar-refractivity contribution in [2.75, 3.05) is 7.11 Å². The molecule has 0 fully saturated rings. The number of ether oxygens (including phenoxy) is 3. The molecule has 6 nitrogen and oxygen atoms in total. The highest BCUT2D eigenvalue weighted by Crippen LogP contribution is 2.44. The van der Waals surface area contributed by atoms with Crippen LogP contribution in [-0.4, -0.2) is 19.2 Å². The van der Waals surface area contributed by atoms with Crippen molar-refractivity contribution in [2.24, 2.45) is 0 Å². The number of benzene rings is 2. The van der Waals surface area contributed by atoms with E-state index in [4.69, 9.17) is 18.6 Å². The molecular formula is C23H19FO6. The van der Waals surface area contributed by atoms with Gasteiger partial charge in [0.25, 0.3) is 0 Å². The number of carbonyl (C=O) groups excluding carboxylic acids is 1. The van der Waals surface area contributed by atoms with Gasteiger partial charge in [0.15, 0.2) is 0 Å². The average Bonchev–Trinajstić information content (AvgIpc) is 3.11. The van der Waals surface area contributed by atoms with Crippen molar-refractivity contribution < 1.29 is 27.8 Å². The minimum absolute atomic E-state index is 0.112. The SMILES string of the molecule is COC(=O)[C@H]1Oc2cc(C)oc(=O)c2[C@H]1c1ccccc1OCc1cccc(F)c1. The minimum Gasteiger partial charge on any atom is -0.489 e. The Labute approximate surface area is 171 Å². The normalized spacial score (nSPS) is 17.2. The number of rotatable bonds is 5. The number of hydrogen-bond donors (Lipinski definition) is 0. The molecule has 7 heteroatoms. The Bertz CT molecular complexity index is 1150. The number of hydrogen-bond acceptors (Lipinski definition) is 6. The molecule has 2 atom stereocenters. The van der Waals surface area contributed by atoms with Crippen molar-refractivity contribution >= 4 is 5.97 Å². The fraction of sp³-hybridized carbons (Fsp3) is 0.217. The maximum absolute atomic E-state index is 13.5. The summed E-state index contributed by atoms with van der Waals surface area (Å²) < 4.78 is 35.3. The molecule has 0 saturated carbocycles. The van der Waals surface area contributed by atoms with Crippen LogP contribution in [0.15, 0.2) is 63.8 Å². The molecule has 0 aliphatic carbocycles. The van der Waals surface area contributed by atoms with Crippen LogP contribution in [0.2, 0.25) is 0 Å². The van der Waals surface area contributed by atoms with Gasteiger partial charge in [-0.05, 0) is 30.7 Å². The Morgan fingerprint density at radius 3 is 2.70 bits per heavy atom. The molecule has 4 rings (SSSR count). The quantitative estimate of drug-likeness (QED) is 0.597. The third kappa shape index (κ3) is 3.66. The molecule has 1 aromatic heterocycles. The van der Waals surface area contributed by atoms with Crippen molar-refractivity contribution in [2.45, 2.75) is 25.6 Å². The molecule has 0 amide bonds. The minimum atomic E-state index is -1.06. The molecule has 30 heavy (non-hydrogen) atoms. The fourth-order valence-corrected chi connectivity index (χ4v) is 3.60. The van der Waals surface area contributed by atoms with E-state index in [0.29, 0.717) is 22.6 Å². The number of fused-ring (bicyclic) bond motifs is 1. The maximum atomic E-state index is 13.5. The van der Waals surface area contributed by atoms with Crippen molar-refractivity contribution in [3.63, 3.8) is 0 Å². The van der Waals surface area contributed by atoms with Crippen LogP contribution in [-0.2, 0) is 16.1 Å². The molecule has 0 spiro atoms. The van der Waals surface area contributed by atoms with Gasteiger partial charge in [0.1, 0.15) is 29.7 Å². The van der Waals surface area contributed by atoms with Crippen LogP contribution in [0.1, 0.15) is 28.4 Å². The van der Waals surface area contributed by atoms with E-state index in [0.717, 1.165) is 0 Å². The molecular weight excluding hydrogens is 391 g/mol. The Morgan fingerprint density at radius 1 is 1.13 bits per heavy atom. The number of para-hydroxylation sites is 1. The van der Waals surface area contributed by atoms with E-state index in [1.165, 1.54) is 19.2 Å². The van der Waals surface area contributed by atoms with E-state index in [9.17, 15) is 14.0 Å². The number of esters is 1. The molecule has 2 heterocycles. The van der Waals surface area contributed by atoms with Gasteiger partial charge in [-0.2, -0.15) is 0 Å². The maximum Gasteiger partial charge on any atom is 0.348 e. The molecule has 2 aromatic carbocycles. The van der Waals surface area contributed by atoms with Crippen molar-refractivity contribution in [1.29, 1.82) is 0 Å². The first-order chi connectivity index (χ1) is 14.5. The fourth-order valence-electron chi connectivity index (χ4n) is 3.60. The van der Waals surface area contributed by atoms with Gasteiger partial charge in [0.2, 0.25) is 6.10 Å². The summed E-state index contributed by atoms with van der Waals surface area (Å²) in [7, 11) is 1.26. The van der Waals surface area contributed by atoms with Gasteiger partial charge >= 0.3 is 11.6 Å². The van der Waals surface area contributed by atoms with E-state index < -0.39 is 23.6 Å². The number of carbonyl (C=O) groups is 1. The highest BCUT2D eigenvalue weighted by atomic mass is 19.1. The predicted molar refractivity (Wildman–Crippen MR) is 105 cm³/mol. The Morgan fingerprint density at radius 2 is 1.93 bits per heavy atom. The van der Waals surface area contributed by atoms with Gasteiger partial charge < -0.3 is 18.6 Å². The summed E-state index contributed by atoms with van der Waals surface area (Å²) in [4.78, 5) is 25.0. The second kappa shape index (κ2) is 8.02. The van der Waals surface area contributed by atoms with E-state index in [2.05, 4.69) is 0 Å². The molecule has 0 radical (unpaired) electrons. The predicted octanol–water partition coefficient (Wildman–Crippen LogP) is 3.73. The van der Waals surface area contributed by atoms with Crippen LogP contribution < -0.4 is 15.1 Å². The van der Waals surface area contributed by atoms with E-state index in [1.54, 1.807) is 49.4 Å². The molecule has 0 saturated heterocycles. The Hall–Kier alpha value is -3.61. The highest BCUT2D eigenvalue weighted by Gasteiger charge is 2.45. The third-order valence-electron chi connectivity index (χ3n) is 4.91. The zero-order chi connectivity index (χ0) is 21.3. The van der Waals surface area contributed by atoms with Crippen LogP contribution in [0.4, 0.5) is 4.39 Å². The number of methoxy groups -OCH3 is 1. The number of aryl methyl sites for hydroxylation is 1.